The van der Waals surface area contributed by atoms with E-state index in [0.29, 0.717) is 12.0 Å². The molecule has 3 atom stereocenters. The highest BCUT2D eigenvalue weighted by molar-refractivity contribution is 4.80. The third-order valence-corrected chi connectivity index (χ3v) is 4.58. The Bertz CT molecular complexity index is 236. The maximum atomic E-state index is 10.2. The van der Waals surface area contributed by atoms with E-state index in [-0.39, 0.29) is 6.10 Å². The van der Waals surface area contributed by atoms with E-state index in [2.05, 4.69) is 23.6 Å². The van der Waals surface area contributed by atoms with Gasteiger partial charge in [0, 0.05) is 51.3 Å². The van der Waals surface area contributed by atoms with E-state index in [1.54, 1.807) is 0 Å². The van der Waals surface area contributed by atoms with Gasteiger partial charge in [0.2, 0.25) is 0 Å². The average molecular weight is 256 g/mol. The Hall–Kier alpha value is -0.160. The second kappa shape index (κ2) is 6.85. The second-order valence-electron chi connectivity index (χ2n) is 5.78. The molecule has 0 aromatic rings. The van der Waals surface area contributed by atoms with Crippen molar-refractivity contribution in [2.24, 2.45) is 5.92 Å². The van der Waals surface area contributed by atoms with Crippen LogP contribution in [0.4, 0.5) is 0 Å². The van der Waals surface area contributed by atoms with Gasteiger partial charge >= 0.3 is 0 Å². The van der Waals surface area contributed by atoms with Gasteiger partial charge in [-0.2, -0.15) is 0 Å². The number of aliphatic hydroxyl groups excluding tert-OH is 1. The summed E-state index contributed by atoms with van der Waals surface area (Å²) in [6, 6.07) is 0.695. The van der Waals surface area contributed by atoms with Crippen molar-refractivity contribution in [2.75, 3.05) is 45.9 Å². The summed E-state index contributed by atoms with van der Waals surface area (Å²) in [4.78, 5) is 4.96. The summed E-state index contributed by atoms with van der Waals surface area (Å²) in [6.45, 7) is 11.4. The molecule has 4 heteroatoms. The summed E-state index contributed by atoms with van der Waals surface area (Å²) in [5.74, 6) is 0.359. The molecule has 2 aliphatic rings. The molecule has 1 N–H and O–H groups in total. The number of hydrogen-bond donors (Lipinski definition) is 1. The predicted octanol–water partition coefficient (Wildman–Crippen LogP) is 0.800. The molecule has 18 heavy (non-hydrogen) atoms. The first-order valence-corrected chi connectivity index (χ1v) is 7.43. The fraction of sp³-hybridized carbons (Fsp3) is 1.00. The topological polar surface area (TPSA) is 35.9 Å². The number of rotatable bonds is 5. The van der Waals surface area contributed by atoms with E-state index in [0.717, 1.165) is 52.4 Å². The molecule has 2 aliphatic heterocycles. The predicted molar refractivity (Wildman–Crippen MR) is 72.7 cm³/mol. The maximum absolute atomic E-state index is 10.2. The van der Waals surface area contributed by atoms with Gasteiger partial charge in [-0.15, -0.1) is 0 Å². The van der Waals surface area contributed by atoms with Gasteiger partial charge in [0.05, 0.1) is 12.7 Å². The highest BCUT2D eigenvalue weighted by atomic mass is 16.5. The largest absolute Gasteiger partial charge is 0.391 e. The fourth-order valence-corrected chi connectivity index (χ4v) is 2.91. The molecule has 0 aromatic carbocycles. The Morgan fingerprint density at radius 3 is 2.56 bits per heavy atom. The van der Waals surface area contributed by atoms with Crippen LogP contribution in [0.25, 0.3) is 0 Å². The molecule has 0 radical (unpaired) electrons. The zero-order valence-corrected chi connectivity index (χ0v) is 11.8. The third kappa shape index (κ3) is 3.67. The molecule has 0 saturated carbocycles. The third-order valence-electron chi connectivity index (χ3n) is 4.58. The summed E-state index contributed by atoms with van der Waals surface area (Å²) in [7, 11) is 0. The standard InChI is InChI=1S/C14H28N2O2/c1-3-12(2)16-7-5-15(6-8-16)10-14(17)13-4-9-18-11-13/h12-14,17H,3-11H2,1-2H3. The first kappa shape index (κ1) is 14.3. The number of piperazine rings is 1. The molecule has 0 amide bonds. The van der Waals surface area contributed by atoms with Crippen LogP contribution in [0.15, 0.2) is 0 Å². The molecule has 2 heterocycles. The van der Waals surface area contributed by atoms with E-state index in [4.69, 9.17) is 4.74 Å². The highest BCUT2D eigenvalue weighted by Gasteiger charge is 2.27. The van der Waals surface area contributed by atoms with Gasteiger partial charge in [-0.3, -0.25) is 9.80 Å². The highest BCUT2D eigenvalue weighted by Crippen LogP contribution is 2.18. The number of β-amino-alcohol motifs (C(OH)–C–C–N with tert-alkyl or cyclic N) is 1. The van der Waals surface area contributed by atoms with Crippen molar-refractivity contribution in [3.05, 3.63) is 0 Å². The maximum Gasteiger partial charge on any atom is 0.0718 e. The van der Waals surface area contributed by atoms with E-state index < -0.39 is 0 Å². The van der Waals surface area contributed by atoms with Crippen LogP contribution < -0.4 is 0 Å². The molecule has 4 nitrogen and oxygen atoms in total. The Morgan fingerprint density at radius 2 is 2.00 bits per heavy atom. The molecule has 0 spiro atoms. The zero-order valence-electron chi connectivity index (χ0n) is 11.8. The number of aliphatic hydroxyl groups is 1. The molecule has 106 valence electrons. The zero-order chi connectivity index (χ0) is 13.0. The molecule has 0 aromatic heterocycles. The summed E-state index contributed by atoms with van der Waals surface area (Å²) < 4.78 is 5.34. The van der Waals surface area contributed by atoms with Crippen molar-refractivity contribution in [3.63, 3.8) is 0 Å². The van der Waals surface area contributed by atoms with Crippen LogP contribution in [0.3, 0.4) is 0 Å². The van der Waals surface area contributed by atoms with Crippen LogP contribution in [0.2, 0.25) is 0 Å². The first-order valence-electron chi connectivity index (χ1n) is 7.43. The van der Waals surface area contributed by atoms with Crippen LogP contribution in [0, 0.1) is 5.92 Å². The molecule has 2 saturated heterocycles. The Balaban J connectivity index is 1.69. The lowest BCUT2D eigenvalue weighted by Gasteiger charge is -2.39. The van der Waals surface area contributed by atoms with Gasteiger partial charge in [-0.05, 0) is 19.8 Å². The molecule has 2 fully saturated rings. The lowest BCUT2D eigenvalue weighted by Crippen LogP contribution is -2.51. The van der Waals surface area contributed by atoms with Crippen LogP contribution in [-0.4, -0.2) is 73.0 Å². The van der Waals surface area contributed by atoms with Gasteiger partial charge in [0.1, 0.15) is 0 Å². The second-order valence-corrected chi connectivity index (χ2v) is 5.78. The minimum atomic E-state index is -0.206. The van der Waals surface area contributed by atoms with Crippen molar-refractivity contribution < 1.29 is 9.84 Å². The van der Waals surface area contributed by atoms with Gasteiger partial charge < -0.3 is 9.84 Å². The Morgan fingerprint density at radius 1 is 1.28 bits per heavy atom. The lowest BCUT2D eigenvalue weighted by molar-refractivity contribution is 0.0295. The number of ether oxygens (including phenoxy) is 1. The Kier molecular flexibility index (Phi) is 5.42. The molecule has 0 bridgehead atoms. The van der Waals surface area contributed by atoms with Crippen LogP contribution in [0.1, 0.15) is 26.7 Å². The summed E-state index contributed by atoms with van der Waals surface area (Å²) in [5.41, 5.74) is 0. The SMILES string of the molecule is CCC(C)N1CCN(CC(O)C2CCOC2)CC1. The van der Waals surface area contributed by atoms with E-state index in [1.165, 1.54) is 6.42 Å². The molecular formula is C14H28N2O2. The smallest absolute Gasteiger partial charge is 0.0718 e. The minimum Gasteiger partial charge on any atom is -0.391 e. The summed E-state index contributed by atoms with van der Waals surface area (Å²) in [6.07, 6.45) is 2.04. The number of hydrogen-bond acceptors (Lipinski definition) is 4. The summed E-state index contributed by atoms with van der Waals surface area (Å²) >= 11 is 0. The van der Waals surface area contributed by atoms with Crippen molar-refractivity contribution in [2.45, 2.75) is 38.8 Å². The quantitative estimate of drug-likeness (QED) is 0.789. The molecule has 0 aliphatic carbocycles. The van der Waals surface area contributed by atoms with Crippen molar-refractivity contribution in [1.29, 1.82) is 0 Å². The minimum absolute atomic E-state index is 0.206. The molecular weight excluding hydrogens is 228 g/mol. The van der Waals surface area contributed by atoms with E-state index in [1.807, 2.05) is 0 Å². The number of nitrogens with zero attached hydrogens (tertiary/aromatic N) is 2. The first-order chi connectivity index (χ1) is 8.70. The van der Waals surface area contributed by atoms with Crippen LogP contribution in [-0.2, 0) is 4.74 Å². The summed E-state index contributed by atoms with van der Waals surface area (Å²) in [5, 5.41) is 10.2. The normalized spacial score (nSPS) is 30.5. The van der Waals surface area contributed by atoms with Crippen molar-refractivity contribution in [3.8, 4) is 0 Å². The van der Waals surface area contributed by atoms with Crippen molar-refractivity contribution in [1.82, 2.24) is 9.80 Å². The van der Waals surface area contributed by atoms with Crippen LogP contribution >= 0.6 is 0 Å². The lowest BCUT2D eigenvalue weighted by atomic mass is 10.0. The van der Waals surface area contributed by atoms with E-state index >= 15 is 0 Å². The van der Waals surface area contributed by atoms with Gasteiger partial charge in [-0.25, -0.2) is 0 Å². The van der Waals surface area contributed by atoms with E-state index in [9.17, 15) is 5.11 Å². The van der Waals surface area contributed by atoms with Gasteiger partial charge in [0.25, 0.3) is 0 Å². The van der Waals surface area contributed by atoms with Gasteiger partial charge in [0.15, 0.2) is 0 Å². The monoisotopic (exact) mass is 256 g/mol. The van der Waals surface area contributed by atoms with Crippen molar-refractivity contribution >= 4 is 0 Å². The molecule has 3 unspecified atom stereocenters. The Labute approximate surface area is 111 Å². The fourth-order valence-electron chi connectivity index (χ4n) is 2.91. The van der Waals surface area contributed by atoms with Crippen LogP contribution in [0.5, 0.6) is 0 Å². The molecule has 2 rings (SSSR count). The van der Waals surface area contributed by atoms with Gasteiger partial charge in [-0.1, -0.05) is 6.92 Å². The average Bonchev–Trinajstić information content (AvgIpc) is 2.92.